The van der Waals surface area contributed by atoms with E-state index in [0.29, 0.717) is 32.7 Å². The van der Waals surface area contributed by atoms with E-state index in [4.69, 9.17) is 0 Å². The summed E-state index contributed by atoms with van der Waals surface area (Å²) in [7, 11) is -3.43. The lowest BCUT2D eigenvalue weighted by Gasteiger charge is -2.36. The molecule has 0 bridgehead atoms. The molecular weight excluding hydrogens is 362 g/mol. The Balaban J connectivity index is 1.46. The van der Waals surface area contributed by atoms with Gasteiger partial charge in [0.25, 0.3) is 10.2 Å². The topological polar surface area (TPSA) is 69.7 Å². The van der Waals surface area contributed by atoms with Gasteiger partial charge in [-0.25, -0.2) is 0 Å². The Hall–Kier alpha value is -1.44. The van der Waals surface area contributed by atoms with Crippen molar-refractivity contribution < 1.29 is 13.2 Å². The number of benzene rings is 1. The molecule has 1 N–H and O–H groups in total. The minimum absolute atomic E-state index is 0.0124. The van der Waals surface area contributed by atoms with Gasteiger partial charge in [0.05, 0.1) is 5.92 Å². The van der Waals surface area contributed by atoms with Crippen LogP contribution in [0.25, 0.3) is 0 Å². The predicted molar refractivity (Wildman–Crippen MR) is 106 cm³/mol. The fourth-order valence-corrected chi connectivity index (χ4v) is 5.69. The van der Waals surface area contributed by atoms with E-state index in [1.165, 1.54) is 9.87 Å². The van der Waals surface area contributed by atoms with Crippen molar-refractivity contribution in [2.45, 2.75) is 44.9 Å². The Morgan fingerprint density at radius 2 is 1.70 bits per heavy atom. The molecule has 150 valence electrons. The average Bonchev–Trinajstić information content (AvgIpc) is 2.72. The normalized spacial score (nSPS) is 22.4. The highest BCUT2D eigenvalue weighted by Crippen LogP contribution is 2.23. The summed E-state index contributed by atoms with van der Waals surface area (Å²) in [6, 6.07) is 10.2. The highest BCUT2D eigenvalue weighted by Gasteiger charge is 2.36. The first-order chi connectivity index (χ1) is 13.1. The molecule has 1 unspecified atom stereocenters. The molecule has 27 heavy (non-hydrogen) atoms. The maximum Gasteiger partial charge on any atom is 0.281 e. The fourth-order valence-electron chi connectivity index (χ4n) is 3.92. The molecule has 0 radical (unpaired) electrons. The number of hydrogen-bond acceptors (Lipinski definition) is 3. The minimum Gasteiger partial charge on any atom is -0.356 e. The molecule has 7 heteroatoms. The van der Waals surface area contributed by atoms with Gasteiger partial charge in [-0.15, -0.1) is 0 Å². The van der Waals surface area contributed by atoms with Crippen molar-refractivity contribution in [1.29, 1.82) is 0 Å². The molecular formula is C20H31N3O3S. The van der Waals surface area contributed by atoms with Gasteiger partial charge in [-0.05, 0) is 44.1 Å². The third-order valence-corrected chi connectivity index (χ3v) is 7.51. The highest BCUT2D eigenvalue weighted by atomic mass is 32.2. The number of piperidine rings is 2. The Kier molecular flexibility index (Phi) is 7.26. The molecule has 2 aliphatic rings. The van der Waals surface area contributed by atoms with Crippen LogP contribution in [-0.4, -0.2) is 55.7 Å². The molecule has 0 saturated carbocycles. The second-order valence-electron chi connectivity index (χ2n) is 7.54. The zero-order chi connectivity index (χ0) is 19.1. The Morgan fingerprint density at radius 1 is 1.00 bits per heavy atom. The molecule has 2 saturated heterocycles. The summed E-state index contributed by atoms with van der Waals surface area (Å²) in [5.74, 6) is -0.253. The van der Waals surface area contributed by atoms with Crippen LogP contribution in [0, 0.1) is 5.92 Å². The summed E-state index contributed by atoms with van der Waals surface area (Å²) in [6.45, 7) is 2.67. The number of carbonyl (C=O) groups is 1. The van der Waals surface area contributed by atoms with Gasteiger partial charge in [0.1, 0.15) is 0 Å². The summed E-state index contributed by atoms with van der Waals surface area (Å²) in [5.41, 5.74) is 1.27. The van der Waals surface area contributed by atoms with Crippen LogP contribution in [0.1, 0.15) is 44.1 Å². The molecule has 1 atom stereocenters. The Morgan fingerprint density at radius 3 is 2.44 bits per heavy atom. The zero-order valence-electron chi connectivity index (χ0n) is 16.0. The van der Waals surface area contributed by atoms with Crippen molar-refractivity contribution in [2.75, 3.05) is 32.7 Å². The predicted octanol–water partition coefficient (Wildman–Crippen LogP) is 2.18. The fraction of sp³-hybridized carbons (Fsp3) is 0.650. The first-order valence-electron chi connectivity index (χ1n) is 10.1. The number of aryl methyl sites for hydroxylation is 1. The van der Waals surface area contributed by atoms with Crippen LogP contribution in [0.15, 0.2) is 30.3 Å². The second-order valence-corrected chi connectivity index (χ2v) is 9.47. The van der Waals surface area contributed by atoms with Gasteiger partial charge < -0.3 is 5.32 Å². The SMILES string of the molecule is O=C(NCCCc1ccccc1)C1CCCN(S(=O)(=O)N2CCCCC2)C1. The van der Waals surface area contributed by atoms with Crippen molar-refractivity contribution >= 4 is 16.1 Å². The largest absolute Gasteiger partial charge is 0.356 e. The van der Waals surface area contributed by atoms with Crippen LogP contribution in [0.3, 0.4) is 0 Å². The summed E-state index contributed by atoms with van der Waals surface area (Å²) in [6.07, 6.45) is 6.28. The Labute approximate surface area is 163 Å². The van der Waals surface area contributed by atoms with E-state index in [2.05, 4.69) is 17.4 Å². The van der Waals surface area contributed by atoms with Crippen LogP contribution in [0.5, 0.6) is 0 Å². The number of hydrogen-bond donors (Lipinski definition) is 1. The molecule has 1 aromatic carbocycles. The zero-order valence-corrected chi connectivity index (χ0v) is 16.8. The van der Waals surface area contributed by atoms with Gasteiger partial charge in [-0.1, -0.05) is 36.8 Å². The summed E-state index contributed by atoms with van der Waals surface area (Å²) in [4.78, 5) is 12.5. The number of rotatable bonds is 7. The lowest BCUT2D eigenvalue weighted by Crippen LogP contribution is -2.51. The molecule has 2 aliphatic heterocycles. The molecule has 6 nitrogen and oxygen atoms in total. The van der Waals surface area contributed by atoms with Gasteiger partial charge in [0.15, 0.2) is 0 Å². The summed E-state index contributed by atoms with van der Waals surface area (Å²) >= 11 is 0. The number of nitrogens with zero attached hydrogens (tertiary/aromatic N) is 2. The van der Waals surface area contributed by atoms with Crippen LogP contribution >= 0.6 is 0 Å². The molecule has 1 aromatic rings. The molecule has 2 heterocycles. The van der Waals surface area contributed by atoms with Crippen LogP contribution in [0.4, 0.5) is 0 Å². The quantitative estimate of drug-likeness (QED) is 0.722. The smallest absolute Gasteiger partial charge is 0.281 e. The van der Waals surface area contributed by atoms with E-state index in [9.17, 15) is 13.2 Å². The molecule has 3 rings (SSSR count). The average molecular weight is 394 g/mol. The van der Waals surface area contributed by atoms with Gasteiger partial charge in [0, 0.05) is 32.7 Å². The van der Waals surface area contributed by atoms with E-state index in [-0.39, 0.29) is 11.8 Å². The van der Waals surface area contributed by atoms with Crippen LogP contribution in [-0.2, 0) is 21.4 Å². The standard InChI is InChI=1S/C20H31N3O3S/c24-20(21-13-7-11-18-9-3-1-4-10-18)19-12-8-16-23(17-19)27(25,26)22-14-5-2-6-15-22/h1,3-4,9-10,19H,2,5-8,11-17H2,(H,21,24). The second kappa shape index (κ2) is 9.66. The third kappa shape index (κ3) is 5.53. The van der Waals surface area contributed by atoms with Gasteiger partial charge >= 0.3 is 0 Å². The van der Waals surface area contributed by atoms with E-state index in [0.717, 1.165) is 44.9 Å². The van der Waals surface area contributed by atoms with Crippen molar-refractivity contribution in [1.82, 2.24) is 13.9 Å². The monoisotopic (exact) mass is 393 g/mol. The van der Waals surface area contributed by atoms with E-state index in [1.807, 2.05) is 18.2 Å². The first-order valence-corrected chi connectivity index (χ1v) is 11.5. The van der Waals surface area contributed by atoms with Crippen LogP contribution in [0.2, 0.25) is 0 Å². The van der Waals surface area contributed by atoms with E-state index in [1.54, 1.807) is 4.31 Å². The highest BCUT2D eigenvalue weighted by molar-refractivity contribution is 7.86. The number of nitrogens with one attached hydrogen (secondary N) is 1. The van der Waals surface area contributed by atoms with Gasteiger partial charge in [-0.2, -0.15) is 17.0 Å². The summed E-state index contributed by atoms with van der Waals surface area (Å²) < 4.78 is 28.8. The van der Waals surface area contributed by atoms with Crippen LogP contribution < -0.4 is 5.32 Å². The molecule has 0 spiro atoms. The summed E-state index contributed by atoms with van der Waals surface area (Å²) in [5, 5.41) is 3.00. The van der Waals surface area contributed by atoms with Gasteiger partial charge in [-0.3, -0.25) is 4.79 Å². The maximum atomic E-state index is 12.8. The lowest BCUT2D eigenvalue weighted by atomic mass is 9.99. The van der Waals surface area contributed by atoms with Crippen molar-refractivity contribution in [2.24, 2.45) is 5.92 Å². The van der Waals surface area contributed by atoms with Crippen molar-refractivity contribution in [3.8, 4) is 0 Å². The maximum absolute atomic E-state index is 12.8. The van der Waals surface area contributed by atoms with E-state index < -0.39 is 10.2 Å². The van der Waals surface area contributed by atoms with Crippen molar-refractivity contribution in [3.63, 3.8) is 0 Å². The number of carbonyl (C=O) groups excluding carboxylic acids is 1. The third-order valence-electron chi connectivity index (χ3n) is 5.51. The molecule has 1 amide bonds. The number of amides is 1. The molecule has 0 aromatic heterocycles. The van der Waals surface area contributed by atoms with E-state index >= 15 is 0 Å². The minimum atomic E-state index is -3.43. The lowest BCUT2D eigenvalue weighted by molar-refractivity contribution is -0.126. The molecule has 0 aliphatic carbocycles. The van der Waals surface area contributed by atoms with Crippen molar-refractivity contribution in [3.05, 3.63) is 35.9 Å². The Bertz CT molecular complexity index is 702. The molecule has 2 fully saturated rings. The van der Waals surface area contributed by atoms with Gasteiger partial charge in [0.2, 0.25) is 5.91 Å². The first kappa shape index (κ1) is 20.3.